The molecule has 3 aromatic rings. The van der Waals surface area contributed by atoms with Crippen molar-refractivity contribution >= 4 is 27.6 Å². The summed E-state index contributed by atoms with van der Waals surface area (Å²) in [5.41, 5.74) is 1.06. The molecular formula is C34H43N7O4S. The summed E-state index contributed by atoms with van der Waals surface area (Å²) in [5, 5.41) is 7.95. The summed E-state index contributed by atoms with van der Waals surface area (Å²) in [4.78, 5) is 25.1. The smallest absolute Gasteiger partial charge is 0.268 e. The van der Waals surface area contributed by atoms with Crippen LogP contribution in [0, 0.1) is 22.7 Å². The van der Waals surface area contributed by atoms with E-state index in [0.29, 0.717) is 52.6 Å². The average molecular weight is 646 g/mol. The molecule has 11 nitrogen and oxygen atoms in total. The van der Waals surface area contributed by atoms with Crippen molar-refractivity contribution < 1.29 is 17.9 Å². The number of nitrogens with one attached hydrogen (secondary N) is 2. The largest absolute Gasteiger partial charge is 0.476 e. The molecule has 4 fully saturated rings. The zero-order valence-corrected chi connectivity index (χ0v) is 27.5. The number of fused-ring (bicyclic) bond motifs is 11. The number of carbonyl (C=O) groups is 1. The Morgan fingerprint density at radius 2 is 1.78 bits per heavy atom. The molecule has 9 rings (SSSR count). The Morgan fingerprint density at radius 3 is 2.52 bits per heavy atom. The molecule has 0 radical (unpaired) electrons. The Labute approximate surface area is 270 Å². The Hall–Kier alpha value is -3.67. The molecule has 3 saturated carbocycles. The van der Waals surface area contributed by atoms with Crippen LogP contribution in [0.3, 0.4) is 0 Å². The number of rotatable bonds is 4. The first-order valence-corrected chi connectivity index (χ1v) is 18.3. The lowest BCUT2D eigenvalue weighted by atomic mass is 9.92. The fourth-order valence-electron chi connectivity index (χ4n) is 8.71. The van der Waals surface area contributed by atoms with Gasteiger partial charge in [-0.15, -0.1) is 5.10 Å². The molecule has 4 bridgehead atoms. The molecule has 3 aliphatic heterocycles. The van der Waals surface area contributed by atoms with Gasteiger partial charge in [0.15, 0.2) is 5.82 Å². The number of carbonyl (C=O) groups excluding carboxylic acids is 1. The van der Waals surface area contributed by atoms with Gasteiger partial charge in [0.2, 0.25) is 5.88 Å². The van der Waals surface area contributed by atoms with E-state index in [1.807, 2.05) is 12.3 Å². The highest BCUT2D eigenvalue weighted by Gasteiger charge is 2.86. The van der Waals surface area contributed by atoms with E-state index in [-0.39, 0.29) is 16.0 Å². The van der Waals surface area contributed by atoms with E-state index in [2.05, 4.69) is 38.9 Å². The quantitative estimate of drug-likeness (QED) is 0.387. The van der Waals surface area contributed by atoms with E-state index in [1.54, 1.807) is 22.9 Å². The van der Waals surface area contributed by atoms with Crippen LogP contribution in [0.4, 0.5) is 11.6 Å². The van der Waals surface area contributed by atoms with Gasteiger partial charge in [0.05, 0.1) is 12.2 Å². The second kappa shape index (κ2) is 10.7. The van der Waals surface area contributed by atoms with Crippen molar-refractivity contribution in [1.29, 1.82) is 0 Å². The van der Waals surface area contributed by atoms with Gasteiger partial charge >= 0.3 is 0 Å². The molecule has 244 valence electrons. The van der Waals surface area contributed by atoms with Gasteiger partial charge in [0, 0.05) is 43.0 Å². The standard InChI is InChI=1S/C34H43N7O4S/c1-32(2)19-23-7-5-3-4-6-17-35-27-10-8-24(20-36-27)46(43,44)39-31(42)25-9-11-28(37-30(25)40(32)21-23)41-18-12-29(38-41)45-22-26-33(13-14-33)34(26)15-16-34/h8-12,18,20,23,26H,3-7,13-17,19,21-22H2,1-2H3,(H,35,36)(H,39,42). The summed E-state index contributed by atoms with van der Waals surface area (Å²) in [7, 11) is -4.17. The van der Waals surface area contributed by atoms with E-state index in [4.69, 9.17) is 9.72 Å². The third-order valence-corrected chi connectivity index (χ3v) is 12.8. The Balaban J connectivity index is 1.09. The SMILES string of the molecule is CC1(C)CC2CCCCCCNc3ccc(cn3)S(=O)(=O)NC(=O)c3ccc(-n4ccc(OCC5C6(CC6)C56CC6)n4)nc3N1C2. The normalized spacial score (nSPS) is 25.6. The number of ether oxygens (including phenoxy) is 1. The summed E-state index contributed by atoms with van der Waals surface area (Å²) in [6, 6.07) is 8.31. The number of amides is 1. The first-order valence-electron chi connectivity index (χ1n) is 16.9. The van der Waals surface area contributed by atoms with Crippen LogP contribution >= 0.6 is 0 Å². The number of anilines is 2. The lowest BCUT2D eigenvalue weighted by molar-refractivity contribution is 0.0981. The van der Waals surface area contributed by atoms with Crippen molar-refractivity contribution in [3.8, 4) is 11.7 Å². The third kappa shape index (κ3) is 5.12. The molecule has 1 saturated heterocycles. The van der Waals surface area contributed by atoms with Gasteiger partial charge in [0.25, 0.3) is 15.9 Å². The van der Waals surface area contributed by atoms with Crippen molar-refractivity contribution in [3.05, 3.63) is 48.3 Å². The van der Waals surface area contributed by atoms with Gasteiger partial charge in [0.1, 0.15) is 16.5 Å². The first kappa shape index (κ1) is 29.7. The molecule has 0 aromatic carbocycles. The summed E-state index contributed by atoms with van der Waals surface area (Å²) in [5.74, 6) is 2.54. The lowest BCUT2D eigenvalue weighted by Gasteiger charge is -2.34. The summed E-state index contributed by atoms with van der Waals surface area (Å²) in [6.45, 7) is 6.56. The second-order valence-corrected chi connectivity index (χ2v) is 16.4. The van der Waals surface area contributed by atoms with Gasteiger partial charge in [-0.25, -0.2) is 27.8 Å². The molecule has 46 heavy (non-hydrogen) atoms. The minimum absolute atomic E-state index is 0.0764. The van der Waals surface area contributed by atoms with Crippen LogP contribution < -0.4 is 19.7 Å². The van der Waals surface area contributed by atoms with E-state index < -0.39 is 15.9 Å². The topological polar surface area (TPSA) is 131 Å². The summed E-state index contributed by atoms with van der Waals surface area (Å²) in [6.07, 6.45) is 15.0. The maximum atomic E-state index is 13.7. The molecule has 6 aliphatic rings. The van der Waals surface area contributed by atoms with Gasteiger partial charge in [-0.3, -0.25) is 4.79 Å². The molecule has 1 unspecified atom stereocenters. The number of hydrogen-bond acceptors (Lipinski definition) is 9. The lowest BCUT2D eigenvalue weighted by Crippen LogP contribution is -2.41. The zero-order chi connectivity index (χ0) is 31.7. The number of sulfonamides is 1. The van der Waals surface area contributed by atoms with Gasteiger partial charge in [-0.1, -0.05) is 19.3 Å². The molecule has 12 heteroatoms. The average Bonchev–Trinajstić information content (AvgIpc) is 3.98. The van der Waals surface area contributed by atoms with E-state index in [0.717, 1.165) is 51.6 Å². The number of pyridine rings is 2. The van der Waals surface area contributed by atoms with Crippen LogP contribution in [0.25, 0.3) is 5.82 Å². The maximum Gasteiger partial charge on any atom is 0.268 e. The van der Waals surface area contributed by atoms with Crippen molar-refractivity contribution in [2.75, 3.05) is 29.9 Å². The molecular weight excluding hydrogens is 602 g/mol. The molecule has 3 aromatic heterocycles. The highest BCUT2D eigenvalue weighted by atomic mass is 32.2. The van der Waals surface area contributed by atoms with Gasteiger partial charge in [-0.05, 0) is 99.8 Å². The number of nitrogens with zero attached hydrogens (tertiary/aromatic N) is 5. The fourth-order valence-corrected chi connectivity index (χ4v) is 9.62. The predicted octanol–water partition coefficient (Wildman–Crippen LogP) is 5.33. The van der Waals surface area contributed by atoms with E-state index in [9.17, 15) is 13.2 Å². The Morgan fingerprint density at radius 1 is 1.00 bits per heavy atom. The van der Waals surface area contributed by atoms with Crippen LogP contribution in [-0.4, -0.2) is 59.3 Å². The molecule has 1 atom stereocenters. The van der Waals surface area contributed by atoms with Crippen LogP contribution in [-0.2, 0) is 10.0 Å². The predicted molar refractivity (Wildman–Crippen MR) is 174 cm³/mol. The molecule has 6 heterocycles. The highest BCUT2D eigenvalue weighted by Crippen LogP contribution is 2.92. The summed E-state index contributed by atoms with van der Waals surface area (Å²) >= 11 is 0. The van der Waals surface area contributed by atoms with Crippen LogP contribution in [0.5, 0.6) is 5.88 Å². The molecule has 2 N–H and O–H groups in total. The minimum atomic E-state index is -4.17. The van der Waals surface area contributed by atoms with Crippen LogP contribution in [0.15, 0.2) is 47.6 Å². The third-order valence-electron chi connectivity index (χ3n) is 11.5. The van der Waals surface area contributed by atoms with Crippen LogP contribution in [0.1, 0.15) is 88.4 Å². The van der Waals surface area contributed by atoms with Gasteiger partial charge < -0.3 is 15.0 Å². The Kier molecular flexibility index (Phi) is 6.90. The highest BCUT2D eigenvalue weighted by molar-refractivity contribution is 7.90. The van der Waals surface area contributed by atoms with Crippen molar-refractivity contribution in [3.63, 3.8) is 0 Å². The first-order chi connectivity index (χ1) is 22.1. The van der Waals surface area contributed by atoms with E-state index in [1.165, 1.54) is 37.9 Å². The van der Waals surface area contributed by atoms with Crippen molar-refractivity contribution in [1.82, 2.24) is 24.5 Å². The number of hydrogen-bond donors (Lipinski definition) is 2. The van der Waals surface area contributed by atoms with Crippen LogP contribution in [0.2, 0.25) is 0 Å². The second-order valence-electron chi connectivity index (χ2n) is 14.8. The van der Waals surface area contributed by atoms with Crippen molar-refractivity contribution in [2.24, 2.45) is 22.7 Å². The number of aromatic nitrogens is 4. The molecule has 1 amide bonds. The minimum Gasteiger partial charge on any atom is -0.476 e. The fraction of sp³-hybridized carbons (Fsp3) is 0.588. The summed E-state index contributed by atoms with van der Waals surface area (Å²) < 4.78 is 36.7. The zero-order valence-electron chi connectivity index (χ0n) is 26.7. The molecule has 3 aliphatic carbocycles. The molecule has 2 spiro atoms. The van der Waals surface area contributed by atoms with Gasteiger partial charge in [-0.2, -0.15) is 0 Å². The van der Waals surface area contributed by atoms with Crippen molar-refractivity contribution in [2.45, 2.75) is 88.5 Å². The maximum absolute atomic E-state index is 13.7. The Bertz CT molecular complexity index is 1740. The monoisotopic (exact) mass is 645 g/mol. The van der Waals surface area contributed by atoms with E-state index >= 15 is 0 Å².